The van der Waals surface area contributed by atoms with Crippen molar-refractivity contribution in [2.45, 2.75) is 58.8 Å². The van der Waals surface area contributed by atoms with E-state index in [0.717, 1.165) is 11.1 Å². The molecule has 2 nitrogen and oxygen atoms in total. The van der Waals surface area contributed by atoms with Crippen molar-refractivity contribution in [2.24, 2.45) is 0 Å². The van der Waals surface area contributed by atoms with Crippen molar-refractivity contribution in [2.75, 3.05) is 0 Å². The van der Waals surface area contributed by atoms with Gasteiger partial charge >= 0.3 is 0 Å². The Balaban J connectivity index is 2.75. The van der Waals surface area contributed by atoms with Gasteiger partial charge in [-0.2, -0.15) is 0 Å². The topological polar surface area (TPSA) is 40.5 Å². The molecule has 2 N–H and O–H groups in total. The van der Waals surface area contributed by atoms with Crippen LogP contribution in [0.5, 0.6) is 11.5 Å². The summed E-state index contributed by atoms with van der Waals surface area (Å²) in [6, 6.07) is 6.07. The Morgan fingerprint density at radius 3 is 1.32 bits per heavy atom. The second-order valence-electron chi connectivity index (χ2n) is 7.73. The van der Waals surface area contributed by atoms with E-state index < -0.39 is 28.5 Å². The Kier molecular flexibility index (Phi) is 5.12. The van der Waals surface area contributed by atoms with E-state index in [2.05, 4.69) is 0 Å². The summed E-state index contributed by atoms with van der Waals surface area (Å²) < 4.78 is 28.5. The SMILES string of the molecule is CC(C)c1cc(F)c(O)c(C(C)(C)c2cc(C(C)C)cc(F)c2O)c1. The monoisotopic (exact) mass is 348 g/mol. The van der Waals surface area contributed by atoms with Crippen molar-refractivity contribution in [3.63, 3.8) is 0 Å². The summed E-state index contributed by atoms with van der Waals surface area (Å²) in [6.45, 7) is 11.2. The molecule has 0 atom stereocenters. The molecule has 2 aromatic rings. The van der Waals surface area contributed by atoms with Gasteiger partial charge in [0.15, 0.2) is 23.1 Å². The lowest BCUT2D eigenvalue weighted by molar-refractivity contribution is 0.397. The summed E-state index contributed by atoms with van der Waals surface area (Å²) >= 11 is 0. The maximum atomic E-state index is 14.2. The van der Waals surface area contributed by atoms with E-state index in [4.69, 9.17) is 0 Å². The number of rotatable bonds is 4. The fourth-order valence-electron chi connectivity index (χ4n) is 3.00. The van der Waals surface area contributed by atoms with Crippen LogP contribution in [0.1, 0.15) is 75.6 Å². The summed E-state index contributed by atoms with van der Waals surface area (Å²) in [6.07, 6.45) is 0. The van der Waals surface area contributed by atoms with E-state index >= 15 is 0 Å². The van der Waals surface area contributed by atoms with Crippen LogP contribution >= 0.6 is 0 Å². The van der Waals surface area contributed by atoms with Crippen molar-refractivity contribution in [3.05, 3.63) is 58.2 Å². The standard InChI is InChI=1S/C21H26F2O2/c1-11(2)13-7-15(19(24)17(22)9-13)21(5,6)16-8-14(12(3)4)10-18(23)20(16)25/h7-12,24-25H,1-6H3. The van der Waals surface area contributed by atoms with Crippen LogP contribution in [0.3, 0.4) is 0 Å². The molecular weight excluding hydrogens is 322 g/mol. The van der Waals surface area contributed by atoms with Gasteiger partial charge in [0, 0.05) is 16.5 Å². The molecule has 0 aliphatic carbocycles. The molecule has 0 saturated heterocycles. The minimum Gasteiger partial charge on any atom is -0.505 e. The van der Waals surface area contributed by atoms with Gasteiger partial charge in [-0.25, -0.2) is 8.78 Å². The molecule has 136 valence electrons. The lowest BCUT2D eigenvalue weighted by atomic mass is 9.75. The number of hydrogen-bond acceptors (Lipinski definition) is 2. The molecule has 0 radical (unpaired) electrons. The van der Waals surface area contributed by atoms with Gasteiger partial charge in [0.05, 0.1) is 0 Å². The molecule has 0 amide bonds. The molecule has 0 spiro atoms. The molecule has 2 rings (SSSR count). The Labute approximate surface area is 148 Å². The number of phenolic OH excluding ortho intramolecular Hbond substituents is 2. The van der Waals surface area contributed by atoms with E-state index in [1.807, 2.05) is 27.7 Å². The molecule has 0 unspecified atom stereocenters. The minimum absolute atomic E-state index is 0.0666. The fraction of sp³-hybridized carbons (Fsp3) is 0.429. The molecule has 0 bridgehead atoms. The predicted molar refractivity (Wildman–Crippen MR) is 96.4 cm³/mol. The van der Waals surface area contributed by atoms with E-state index in [1.54, 1.807) is 26.0 Å². The van der Waals surface area contributed by atoms with E-state index in [1.165, 1.54) is 12.1 Å². The van der Waals surface area contributed by atoms with E-state index in [0.29, 0.717) is 11.1 Å². The summed E-state index contributed by atoms with van der Waals surface area (Å²) in [5.41, 5.74) is 1.14. The minimum atomic E-state index is -0.981. The second-order valence-corrected chi connectivity index (χ2v) is 7.73. The van der Waals surface area contributed by atoms with Gasteiger partial charge in [-0.05, 0) is 35.1 Å². The molecule has 0 aliphatic rings. The Morgan fingerprint density at radius 2 is 1.04 bits per heavy atom. The third-order valence-electron chi connectivity index (χ3n) is 4.85. The van der Waals surface area contributed by atoms with Crippen molar-refractivity contribution >= 4 is 0 Å². The van der Waals surface area contributed by atoms with E-state index in [9.17, 15) is 19.0 Å². The fourth-order valence-corrected chi connectivity index (χ4v) is 3.00. The highest BCUT2D eigenvalue weighted by Crippen LogP contribution is 2.44. The average molecular weight is 348 g/mol. The molecule has 0 aliphatic heterocycles. The van der Waals surface area contributed by atoms with E-state index in [-0.39, 0.29) is 11.8 Å². The zero-order valence-electron chi connectivity index (χ0n) is 15.6. The quantitative estimate of drug-likeness (QED) is 0.717. The summed E-state index contributed by atoms with van der Waals surface area (Å²) in [4.78, 5) is 0. The van der Waals surface area contributed by atoms with Crippen LogP contribution in [-0.2, 0) is 5.41 Å². The van der Waals surface area contributed by atoms with Gasteiger partial charge in [-0.1, -0.05) is 53.7 Å². The maximum Gasteiger partial charge on any atom is 0.165 e. The van der Waals surface area contributed by atoms with Gasteiger partial charge in [0.25, 0.3) is 0 Å². The summed E-state index contributed by atoms with van der Waals surface area (Å²) in [7, 11) is 0. The van der Waals surface area contributed by atoms with Crippen molar-refractivity contribution < 1.29 is 19.0 Å². The highest BCUT2D eigenvalue weighted by molar-refractivity contribution is 5.53. The van der Waals surface area contributed by atoms with Crippen molar-refractivity contribution in [1.82, 2.24) is 0 Å². The lowest BCUT2D eigenvalue weighted by Crippen LogP contribution is -2.21. The number of benzene rings is 2. The van der Waals surface area contributed by atoms with Crippen LogP contribution in [0, 0.1) is 11.6 Å². The van der Waals surface area contributed by atoms with Gasteiger partial charge in [-0.3, -0.25) is 0 Å². The molecule has 25 heavy (non-hydrogen) atoms. The zero-order valence-corrected chi connectivity index (χ0v) is 15.6. The summed E-state index contributed by atoms with van der Waals surface area (Å²) in [5.74, 6) is -2.23. The highest BCUT2D eigenvalue weighted by Gasteiger charge is 2.32. The normalized spacial score (nSPS) is 12.2. The Morgan fingerprint density at radius 1 is 0.720 bits per heavy atom. The van der Waals surface area contributed by atoms with Crippen LogP contribution in [0.25, 0.3) is 0 Å². The van der Waals surface area contributed by atoms with Crippen LogP contribution < -0.4 is 0 Å². The molecule has 0 heterocycles. The molecule has 0 aromatic heterocycles. The zero-order chi connectivity index (χ0) is 19.1. The van der Waals surface area contributed by atoms with Gasteiger partial charge in [0.2, 0.25) is 0 Å². The smallest absolute Gasteiger partial charge is 0.165 e. The Bertz CT molecular complexity index is 727. The number of phenols is 2. The number of aromatic hydroxyl groups is 2. The lowest BCUT2D eigenvalue weighted by Gasteiger charge is -2.29. The van der Waals surface area contributed by atoms with Crippen LogP contribution in [0.15, 0.2) is 24.3 Å². The maximum absolute atomic E-state index is 14.2. The number of hydrogen-bond donors (Lipinski definition) is 2. The van der Waals surface area contributed by atoms with Crippen LogP contribution in [0.4, 0.5) is 8.78 Å². The van der Waals surface area contributed by atoms with Crippen molar-refractivity contribution in [1.29, 1.82) is 0 Å². The first-order valence-corrected chi connectivity index (χ1v) is 8.52. The summed E-state index contributed by atoms with van der Waals surface area (Å²) in [5, 5.41) is 20.6. The second kappa shape index (κ2) is 6.66. The highest BCUT2D eigenvalue weighted by atomic mass is 19.1. The van der Waals surface area contributed by atoms with Crippen LogP contribution in [-0.4, -0.2) is 10.2 Å². The largest absolute Gasteiger partial charge is 0.505 e. The molecule has 2 aromatic carbocycles. The Hall–Kier alpha value is -2.10. The third kappa shape index (κ3) is 3.48. The molecule has 4 heteroatoms. The first-order chi connectivity index (χ1) is 11.5. The first kappa shape index (κ1) is 19.2. The molecular formula is C21H26F2O2. The number of halogens is 2. The van der Waals surface area contributed by atoms with Crippen LogP contribution in [0.2, 0.25) is 0 Å². The van der Waals surface area contributed by atoms with Gasteiger partial charge in [0.1, 0.15) is 0 Å². The average Bonchev–Trinajstić information content (AvgIpc) is 2.51. The predicted octanol–water partition coefficient (Wildman–Crippen LogP) is 5.95. The molecule has 0 saturated carbocycles. The van der Waals surface area contributed by atoms with Gasteiger partial charge < -0.3 is 10.2 Å². The third-order valence-corrected chi connectivity index (χ3v) is 4.85. The molecule has 0 fully saturated rings. The van der Waals surface area contributed by atoms with Crippen molar-refractivity contribution in [3.8, 4) is 11.5 Å². The van der Waals surface area contributed by atoms with Gasteiger partial charge in [-0.15, -0.1) is 0 Å². The first-order valence-electron chi connectivity index (χ1n) is 8.52.